The van der Waals surface area contributed by atoms with Crippen LogP contribution in [-0.2, 0) is 16.6 Å². The topological polar surface area (TPSA) is 29.1 Å². The van der Waals surface area contributed by atoms with Crippen molar-refractivity contribution in [3.05, 3.63) is 65.2 Å². The molecule has 2 aromatic carbocycles. The summed E-state index contributed by atoms with van der Waals surface area (Å²) in [6.07, 6.45) is 9.02. The van der Waals surface area contributed by atoms with Gasteiger partial charge >= 0.3 is 0 Å². The van der Waals surface area contributed by atoms with Crippen LogP contribution in [0.4, 0.5) is 5.69 Å². The molecular formula is C25H29NO. The molecule has 0 heterocycles. The normalized spacial score (nSPS) is 31.1. The number of amides is 1. The lowest BCUT2D eigenvalue weighted by atomic mass is 9.48. The highest BCUT2D eigenvalue weighted by Gasteiger charge is 2.51. The lowest BCUT2D eigenvalue weighted by molar-refractivity contribution is -0.115. The van der Waals surface area contributed by atoms with Crippen LogP contribution in [0.1, 0.15) is 55.2 Å². The van der Waals surface area contributed by atoms with Crippen LogP contribution < -0.4 is 5.32 Å². The maximum Gasteiger partial charge on any atom is 0.228 e. The number of aryl methyl sites for hydroxylation is 1. The number of hydrogen-bond acceptors (Lipinski definition) is 1. The van der Waals surface area contributed by atoms with Gasteiger partial charge in [0.15, 0.2) is 0 Å². The summed E-state index contributed by atoms with van der Waals surface area (Å²) in [6, 6.07) is 16.8. The Balaban J connectivity index is 1.33. The molecule has 0 aliphatic heterocycles. The van der Waals surface area contributed by atoms with Gasteiger partial charge in [0.2, 0.25) is 5.91 Å². The third-order valence-electron chi connectivity index (χ3n) is 7.36. The van der Waals surface area contributed by atoms with Crippen molar-refractivity contribution in [2.45, 2.75) is 57.3 Å². The molecule has 27 heavy (non-hydrogen) atoms. The van der Waals surface area contributed by atoms with E-state index in [9.17, 15) is 4.79 Å². The van der Waals surface area contributed by atoms with Gasteiger partial charge in [0.05, 0.1) is 6.42 Å². The molecule has 4 aliphatic carbocycles. The summed E-state index contributed by atoms with van der Waals surface area (Å²) >= 11 is 0. The molecule has 4 bridgehead atoms. The number of anilines is 1. The van der Waals surface area contributed by atoms with Gasteiger partial charge in [0.25, 0.3) is 0 Å². The molecule has 0 saturated heterocycles. The monoisotopic (exact) mass is 359 g/mol. The highest BCUT2D eigenvalue weighted by atomic mass is 16.1. The van der Waals surface area contributed by atoms with E-state index in [1.165, 1.54) is 49.7 Å². The van der Waals surface area contributed by atoms with Crippen LogP contribution in [-0.4, -0.2) is 5.91 Å². The van der Waals surface area contributed by atoms with Gasteiger partial charge < -0.3 is 5.32 Å². The predicted molar refractivity (Wildman–Crippen MR) is 110 cm³/mol. The molecule has 2 nitrogen and oxygen atoms in total. The summed E-state index contributed by atoms with van der Waals surface area (Å²) < 4.78 is 0. The zero-order valence-corrected chi connectivity index (χ0v) is 16.2. The SMILES string of the molecule is Cc1cc(C23CC4CC(CC(C4)C2)C3)ccc1NC(=O)Cc1ccccc1. The zero-order valence-electron chi connectivity index (χ0n) is 16.2. The molecule has 1 N–H and O–H groups in total. The lowest BCUT2D eigenvalue weighted by Crippen LogP contribution is -2.48. The fourth-order valence-corrected chi connectivity index (χ4v) is 6.57. The van der Waals surface area contributed by atoms with E-state index >= 15 is 0 Å². The minimum absolute atomic E-state index is 0.0619. The molecule has 6 rings (SSSR count). The van der Waals surface area contributed by atoms with E-state index in [4.69, 9.17) is 0 Å². The van der Waals surface area contributed by atoms with Crippen LogP contribution in [0.3, 0.4) is 0 Å². The van der Waals surface area contributed by atoms with E-state index in [1.807, 2.05) is 30.3 Å². The van der Waals surface area contributed by atoms with Gasteiger partial charge in [0.1, 0.15) is 0 Å². The predicted octanol–water partition coefficient (Wildman–Crippen LogP) is 5.64. The van der Waals surface area contributed by atoms with Crippen molar-refractivity contribution >= 4 is 11.6 Å². The van der Waals surface area contributed by atoms with Crippen LogP contribution >= 0.6 is 0 Å². The van der Waals surface area contributed by atoms with E-state index < -0.39 is 0 Å². The summed E-state index contributed by atoms with van der Waals surface area (Å²) in [7, 11) is 0. The van der Waals surface area contributed by atoms with Crippen molar-refractivity contribution in [2.75, 3.05) is 5.32 Å². The van der Waals surface area contributed by atoms with E-state index in [0.717, 1.165) is 29.0 Å². The minimum Gasteiger partial charge on any atom is -0.326 e. The third-order valence-corrected chi connectivity index (χ3v) is 7.36. The number of carbonyl (C=O) groups is 1. The van der Waals surface area contributed by atoms with Crippen LogP contribution in [0, 0.1) is 24.7 Å². The maximum absolute atomic E-state index is 12.4. The Kier molecular flexibility index (Phi) is 4.11. The van der Waals surface area contributed by atoms with Gasteiger partial charge in [-0.25, -0.2) is 0 Å². The first kappa shape index (κ1) is 17.0. The Labute approximate surface area is 162 Å². The zero-order chi connectivity index (χ0) is 18.4. The number of rotatable bonds is 4. The first-order valence-electron chi connectivity index (χ1n) is 10.5. The highest BCUT2D eigenvalue weighted by molar-refractivity contribution is 5.93. The van der Waals surface area contributed by atoms with Crippen LogP contribution in [0.15, 0.2) is 48.5 Å². The second kappa shape index (κ2) is 6.51. The molecular weight excluding hydrogens is 330 g/mol. The van der Waals surface area contributed by atoms with Crippen molar-refractivity contribution in [2.24, 2.45) is 17.8 Å². The fourth-order valence-electron chi connectivity index (χ4n) is 6.57. The molecule has 0 unspecified atom stereocenters. The van der Waals surface area contributed by atoms with Gasteiger partial charge in [-0.15, -0.1) is 0 Å². The molecule has 2 aromatic rings. The molecule has 1 amide bonds. The Morgan fingerprint density at radius 2 is 1.59 bits per heavy atom. The third kappa shape index (κ3) is 3.20. The van der Waals surface area contributed by atoms with E-state index in [0.29, 0.717) is 11.8 Å². The van der Waals surface area contributed by atoms with Gasteiger partial charge in [-0.1, -0.05) is 42.5 Å². The highest BCUT2D eigenvalue weighted by Crippen LogP contribution is 2.60. The van der Waals surface area contributed by atoms with Crippen molar-refractivity contribution in [3.8, 4) is 0 Å². The van der Waals surface area contributed by atoms with E-state index in [-0.39, 0.29) is 5.91 Å². The number of nitrogens with one attached hydrogen (secondary N) is 1. The number of hydrogen-bond donors (Lipinski definition) is 1. The molecule has 0 spiro atoms. The minimum atomic E-state index is 0.0619. The summed E-state index contributed by atoms with van der Waals surface area (Å²) in [4.78, 5) is 12.4. The molecule has 4 fully saturated rings. The standard InChI is InChI=1S/C25H29NO/c1-17-9-22(25-14-19-10-20(15-25)12-21(11-19)16-25)7-8-23(17)26-24(27)13-18-5-3-2-4-6-18/h2-9,19-21H,10-16H2,1H3,(H,26,27). The molecule has 140 valence electrons. The average molecular weight is 360 g/mol. The van der Waals surface area contributed by atoms with Crippen LogP contribution in [0.25, 0.3) is 0 Å². The smallest absolute Gasteiger partial charge is 0.228 e. The average Bonchev–Trinajstić information content (AvgIpc) is 2.63. The van der Waals surface area contributed by atoms with Gasteiger partial charge in [0, 0.05) is 5.69 Å². The molecule has 4 aliphatic rings. The summed E-state index contributed by atoms with van der Waals surface area (Å²) in [5.74, 6) is 2.94. The first-order valence-corrected chi connectivity index (χ1v) is 10.5. The first-order chi connectivity index (χ1) is 13.1. The van der Waals surface area contributed by atoms with Gasteiger partial charge in [-0.05, 0) is 91.4 Å². The van der Waals surface area contributed by atoms with Crippen molar-refractivity contribution in [1.82, 2.24) is 0 Å². The Hall–Kier alpha value is -2.09. The van der Waals surface area contributed by atoms with Gasteiger partial charge in [-0.3, -0.25) is 4.79 Å². The summed E-state index contributed by atoms with van der Waals surface area (Å²) in [6.45, 7) is 2.14. The molecule has 0 radical (unpaired) electrons. The van der Waals surface area contributed by atoms with Crippen LogP contribution in [0.2, 0.25) is 0 Å². The molecule has 2 heteroatoms. The summed E-state index contributed by atoms with van der Waals surface area (Å²) in [5, 5.41) is 3.12. The molecule has 0 aromatic heterocycles. The summed E-state index contributed by atoms with van der Waals surface area (Å²) in [5.41, 5.74) is 5.17. The van der Waals surface area contributed by atoms with Gasteiger partial charge in [-0.2, -0.15) is 0 Å². The van der Waals surface area contributed by atoms with Crippen molar-refractivity contribution < 1.29 is 4.79 Å². The van der Waals surface area contributed by atoms with Crippen LogP contribution in [0.5, 0.6) is 0 Å². The van der Waals surface area contributed by atoms with E-state index in [2.05, 4.69) is 30.4 Å². The molecule has 0 atom stereocenters. The lowest BCUT2D eigenvalue weighted by Gasteiger charge is -2.57. The second-order valence-electron chi connectivity index (χ2n) is 9.44. The maximum atomic E-state index is 12.4. The fraction of sp³-hybridized carbons (Fsp3) is 0.480. The Morgan fingerprint density at radius 1 is 0.963 bits per heavy atom. The largest absolute Gasteiger partial charge is 0.326 e. The number of benzene rings is 2. The molecule has 4 saturated carbocycles. The van der Waals surface area contributed by atoms with Crippen molar-refractivity contribution in [3.63, 3.8) is 0 Å². The quantitative estimate of drug-likeness (QED) is 0.751. The second-order valence-corrected chi connectivity index (χ2v) is 9.44. The Bertz CT molecular complexity index is 819. The Morgan fingerprint density at radius 3 is 2.19 bits per heavy atom. The van der Waals surface area contributed by atoms with Crippen molar-refractivity contribution in [1.29, 1.82) is 0 Å². The van der Waals surface area contributed by atoms with E-state index in [1.54, 1.807) is 0 Å². The number of carbonyl (C=O) groups excluding carboxylic acids is 1.